The second kappa shape index (κ2) is 9.78. The van der Waals surface area contributed by atoms with Crippen molar-refractivity contribution in [1.82, 2.24) is 15.2 Å². The highest BCUT2D eigenvalue weighted by Gasteiger charge is 2.39. The number of hydrogen-bond donors (Lipinski definition) is 2. The van der Waals surface area contributed by atoms with Crippen LogP contribution in [0.1, 0.15) is 40.7 Å². The van der Waals surface area contributed by atoms with E-state index < -0.39 is 5.82 Å². The maximum absolute atomic E-state index is 14.1. The van der Waals surface area contributed by atoms with Crippen LogP contribution < -0.4 is 5.32 Å². The Morgan fingerprint density at radius 1 is 1.23 bits per heavy atom. The third kappa shape index (κ3) is 4.76. The van der Waals surface area contributed by atoms with Gasteiger partial charge in [0.1, 0.15) is 12.4 Å². The number of carbonyl (C=O) groups is 2. The average Bonchev–Trinajstić information content (AvgIpc) is 3.09. The summed E-state index contributed by atoms with van der Waals surface area (Å²) in [5, 5.41) is 3.63. The number of halogens is 1. The van der Waals surface area contributed by atoms with E-state index in [4.69, 9.17) is 4.74 Å². The van der Waals surface area contributed by atoms with Gasteiger partial charge >= 0.3 is 6.09 Å². The van der Waals surface area contributed by atoms with Crippen molar-refractivity contribution in [3.05, 3.63) is 58.9 Å². The van der Waals surface area contributed by atoms with E-state index in [-0.39, 0.29) is 16.7 Å². The van der Waals surface area contributed by atoms with Crippen molar-refractivity contribution in [3.63, 3.8) is 0 Å². The van der Waals surface area contributed by atoms with E-state index in [0.717, 1.165) is 40.6 Å². The van der Waals surface area contributed by atoms with E-state index in [9.17, 15) is 14.0 Å². The fraction of sp³-hybridized carbons (Fsp3) is 0.385. The summed E-state index contributed by atoms with van der Waals surface area (Å²) < 4.78 is 19.8. The fourth-order valence-corrected chi connectivity index (χ4v) is 7.48. The maximum Gasteiger partial charge on any atom is 0.409 e. The lowest BCUT2D eigenvalue weighted by molar-refractivity contribution is 0.0866. The maximum atomic E-state index is 14.1. The van der Waals surface area contributed by atoms with Gasteiger partial charge in [0.2, 0.25) is 0 Å². The summed E-state index contributed by atoms with van der Waals surface area (Å²) in [4.78, 5) is 29.9. The topological polar surface area (TPSA) is 74.4 Å². The van der Waals surface area contributed by atoms with Gasteiger partial charge in [0.25, 0.3) is 5.91 Å². The molecule has 0 radical (unpaired) electrons. The molecule has 0 bridgehead atoms. The van der Waals surface area contributed by atoms with Gasteiger partial charge in [0, 0.05) is 36.7 Å². The van der Waals surface area contributed by atoms with Gasteiger partial charge < -0.3 is 19.9 Å². The summed E-state index contributed by atoms with van der Waals surface area (Å²) in [6.07, 6.45) is 5.77. The zero-order valence-electron chi connectivity index (χ0n) is 19.8. The van der Waals surface area contributed by atoms with Crippen LogP contribution in [0.5, 0.6) is 0 Å². The average molecular weight is 514 g/mol. The molecule has 0 saturated heterocycles. The highest BCUT2D eigenvalue weighted by molar-refractivity contribution is 8.77. The molecule has 1 saturated carbocycles. The molecule has 35 heavy (non-hydrogen) atoms. The number of H-pyrrole nitrogens is 1. The molecule has 184 valence electrons. The molecule has 1 aromatic heterocycles. The van der Waals surface area contributed by atoms with Gasteiger partial charge in [-0.15, -0.1) is 0 Å². The summed E-state index contributed by atoms with van der Waals surface area (Å²) in [5.41, 5.74) is 4.82. The van der Waals surface area contributed by atoms with E-state index in [1.54, 1.807) is 22.7 Å². The van der Waals surface area contributed by atoms with Crippen molar-refractivity contribution < 1.29 is 18.7 Å². The molecule has 2 heterocycles. The normalized spacial score (nSPS) is 16.4. The molecule has 1 fully saturated rings. The van der Waals surface area contributed by atoms with Crippen LogP contribution in [0.15, 0.2) is 36.4 Å². The second-order valence-electron chi connectivity index (χ2n) is 9.25. The summed E-state index contributed by atoms with van der Waals surface area (Å²) >= 11 is 0. The number of carbonyl (C=O) groups excluding carboxylic acids is 2. The molecule has 1 aliphatic carbocycles. The zero-order chi connectivity index (χ0) is 24.6. The number of amides is 2. The SMILES string of the molecule is CSSC1(COC(=O)N(C)Cc2ccc(-c3[nH]c4cc(F)cc5c4c3CCNC5=O)cc2)CCC1. The van der Waals surface area contributed by atoms with Crippen LogP contribution in [0.2, 0.25) is 0 Å². The number of hydrogen-bond acceptors (Lipinski definition) is 5. The lowest BCUT2D eigenvalue weighted by Gasteiger charge is -2.39. The van der Waals surface area contributed by atoms with Gasteiger partial charge in [-0.1, -0.05) is 52.3 Å². The Balaban J connectivity index is 1.30. The molecule has 2 N–H and O–H groups in total. The first-order valence-corrected chi connectivity index (χ1v) is 14.3. The fourth-order valence-electron chi connectivity index (χ4n) is 4.86. The minimum atomic E-state index is -0.440. The Hall–Kier alpha value is -2.65. The van der Waals surface area contributed by atoms with Crippen molar-refractivity contribution >= 4 is 44.5 Å². The molecule has 2 aromatic carbocycles. The Labute approximate surface area is 211 Å². The highest BCUT2D eigenvalue weighted by Crippen LogP contribution is 2.48. The number of aromatic amines is 1. The predicted molar refractivity (Wildman–Crippen MR) is 140 cm³/mol. The number of aromatic nitrogens is 1. The van der Waals surface area contributed by atoms with Crippen LogP contribution in [-0.2, 0) is 17.7 Å². The van der Waals surface area contributed by atoms with Gasteiger partial charge in [-0.3, -0.25) is 4.79 Å². The Morgan fingerprint density at radius 3 is 2.69 bits per heavy atom. The quantitative estimate of drug-likeness (QED) is 0.393. The molecule has 1 aliphatic heterocycles. The van der Waals surface area contributed by atoms with Crippen molar-refractivity contribution in [2.45, 2.75) is 37.0 Å². The largest absolute Gasteiger partial charge is 0.448 e. The molecule has 6 nitrogen and oxygen atoms in total. The highest BCUT2D eigenvalue weighted by atomic mass is 33.1. The number of benzene rings is 2. The summed E-state index contributed by atoms with van der Waals surface area (Å²) in [6.45, 7) is 1.38. The Kier molecular flexibility index (Phi) is 6.72. The lowest BCUT2D eigenvalue weighted by Crippen LogP contribution is -2.40. The number of nitrogens with zero attached hydrogens (tertiary/aromatic N) is 1. The van der Waals surface area contributed by atoms with Gasteiger partial charge in [-0.2, -0.15) is 0 Å². The van der Waals surface area contributed by atoms with Crippen LogP contribution in [0, 0.1) is 5.82 Å². The first-order valence-electron chi connectivity index (χ1n) is 11.7. The summed E-state index contributed by atoms with van der Waals surface area (Å²) in [5.74, 6) is -0.691. The predicted octanol–water partition coefficient (Wildman–Crippen LogP) is 5.76. The van der Waals surface area contributed by atoms with E-state index in [2.05, 4.69) is 16.6 Å². The van der Waals surface area contributed by atoms with Crippen LogP contribution in [0.25, 0.3) is 22.2 Å². The number of rotatable bonds is 7. The lowest BCUT2D eigenvalue weighted by atomic mass is 9.85. The zero-order valence-corrected chi connectivity index (χ0v) is 21.4. The van der Waals surface area contributed by atoms with Gasteiger partial charge in [-0.25, -0.2) is 9.18 Å². The third-order valence-corrected chi connectivity index (χ3v) is 9.44. The van der Waals surface area contributed by atoms with E-state index in [0.29, 0.717) is 37.2 Å². The molecule has 5 rings (SSSR count). The molecular formula is C26H28FN3O3S2. The standard InChI is InChI=1S/C26H28FN3O3S2/c1-30(25(32)33-15-26(35-34-2)9-3-10-26)14-16-4-6-17(7-5-16)23-19-8-11-28-24(31)20-12-18(27)13-21(29-23)22(19)20/h4-7,12-13,29H,3,8-11,14-15H2,1-2H3,(H,28,31). The number of ether oxygens (including phenoxy) is 1. The molecule has 0 unspecified atom stereocenters. The molecular weight excluding hydrogens is 485 g/mol. The van der Waals surface area contributed by atoms with Crippen molar-refractivity contribution in [2.24, 2.45) is 0 Å². The smallest absolute Gasteiger partial charge is 0.409 e. The molecule has 2 amide bonds. The molecule has 0 atom stereocenters. The van der Waals surface area contributed by atoms with Gasteiger partial charge in [0.05, 0.1) is 10.3 Å². The van der Waals surface area contributed by atoms with Crippen LogP contribution in [-0.4, -0.2) is 53.1 Å². The first kappa shape index (κ1) is 24.1. The first-order chi connectivity index (χ1) is 16.9. The molecule has 9 heteroatoms. The Morgan fingerprint density at radius 2 is 2.00 bits per heavy atom. The van der Waals surface area contributed by atoms with Crippen LogP contribution in [0.4, 0.5) is 9.18 Å². The second-order valence-corrected chi connectivity index (χ2v) is 12.1. The van der Waals surface area contributed by atoms with E-state index >= 15 is 0 Å². The van der Waals surface area contributed by atoms with Gasteiger partial charge in [-0.05, 0) is 54.3 Å². The van der Waals surface area contributed by atoms with E-state index in [1.165, 1.54) is 18.6 Å². The summed E-state index contributed by atoms with van der Waals surface area (Å²) in [7, 11) is 5.28. The van der Waals surface area contributed by atoms with Gasteiger partial charge in [0.15, 0.2) is 0 Å². The minimum Gasteiger partial charge on any atom is -0.448 e. The summed E-state index contributed by atoms with van der Waals surface area (Å²) in [6, 6.07) is 10.7. The molecule has 0 spiro atoms. The minimum absolute atomic E-state index is 0.0687. The number of nitrogens with one attached hydrogen (secondary N) is 2. The Bertz CT molecular complexity index is 1270. The third-order valence-electron chi connectivity index (χ3n) is 6.83. The monoisotopic (exact) mass is 513 g/mol. The van der Waals surface area contributed by atoms with Crippen molar-refractivity contribution in [3.8, 4) is 11.3 Å². The van der Waals surface area contributed by atoms with E-state index in [1.807, 2.05) is 35.1 Å². The van der Waals surface area contributed by atoms with Crippen LogP contribution >= 0.6 is 21.6 Å². The molecule has 2 aliphatic rings. The molecule has 3 aromatic rings. The van der Waals surface area contributed by atoms with Crippen molar-refractivity contribution in [1.29, 1.82) is 0 Å². The van der Waals surface area contributed by atoms with Crippen molar-refractivity contribution in [2.75, 3.05) is 26.5 Å². The van der Waals surface area contributed by atoms with Crippen LogP contribution in [0.3, 0.4) is 0 Å².